The Morgan fingerprint density at radius 1 is 1.03 bits per heavy atom. The van der Waals surface area contributed by atoms with Crippen molar-refractivity contribution in [2.24, 2.45) is 0 Å². The maximum Gasteiger partial charge on any atom is 0.253 e. The average molecular weight is 425 g/mol. The number of hydrogen-bond donors (Lipinski definition) is 2. The number of benzene rings is 2. The number of anilines is 3. The van der Waals surface area contributed by atoms with Crippen molar-refractivity contribution >= 4 is 28.9 Å². The van der Waals surface area contributed by atoms with Crippen LogP contribution in [0, 0.1) is 0 Å². The fourth-order valence-electron chi connectivity index (χ4n) is 3.76. The topological polar surface area (TPSA) is 73.9 Å². The van der Waals surface area contributed by atoms with E-state index in [0.29, 0.717) is 11.3 Å². The van der Waals surface area contributed by atoms with Crippen molar-refractivity contribution in [2.75, 3.05) is 48.4 Å². The molecule has 1 aliphatic rings. The second kappa shape index (κ2) is 10.2. The zero-order valence-electron chi connectivity index (χ0n) is 18.8. The first kappa shape index (κ1) is 22.5. The van der Waals surface area contributed by atoms with E-state index >= 15 is 0 Å². The highest BCUT2D eigenvalue weighted by Crippen LogP contribution is 2.31. The number of methoxy groups -OCH3 is 1. The summed E-state index contributed by atoms with van der Waals surface area (Å²) in [7, 11) is 1.69. The molecule has 1 saturated heterocycles. The van der Waals surface area contributed by atoms with E-state index < -0.39 is 0 Å². The minimum Gasteiger partial charge on any atom is -0.495 e. The van der Waals surface area contributed by atoms with Gasteiger partial charge in [-0.1, -0.05) is 19.1 Å². The highest BCUT2D eigenvalue weighted by molar-refractivity contribution is 6.02. The largest absolute Gasteiger partial charge is 0.495 e. The Labute approximate surface area is 184 Å². The highest BCUT2D eigenvalue weighted by Gasteiger charge is 2.24. The Hall–Kier alpha value is -3.22. The van der Waals surface area contributed by atoms with Gasteiger partial charge < -0.3 is 25.2 Å². The molecular weight excluding hydrogens is 392 g/mol. The van der Waals surface area contributed by atoms with E-state index in [1.807, 2.05) is 44.2 Å². The van der Waals surface area contributed by atoms with E-state index in [0.717, 1.165) is 49.7 Å². The lowest BCUT2D eigenvalue weighted by Crippen LogP contribution is -2.47. The van der Waals surface area contributed by atoms with Crippen molar-refractivity contribution in [1.29, 1.82) is 0 Å². The molecule has 1 heterocycles. The van der Waals surface area contributed by atoms with Gasteiger partial charge in [-0.15, -0.1) is 0 Å². The minimum absolute atomic E-state index is 0.0761. The zero-order valence-corrected chi connectivity index (χ0v) is 18.8. The first-order valence-corrected chi connectivity index (χ1v) is 10.8. The normalized spacial score (nSPS) is 14.7. The van der Waals surface area contributed by atoms with Crippen molar-refractivity contribution in [1.82, 2.24) is 5.32 Å². The predicted molar refractivity (Wildman–Crippen MR) is 125 cm³/mol. The Bertz CT molecular complexity index is 923. The van der Waals surface area contributed by atoms with Gasteiger partial charge >= 0.3 is 0 Å². The van der Waals surface area contributed by atoms with E-state index in [1.165, 1.54) is 6.92 Å². The number of amides is 2. The monoisotopic (exact) mass is 424 g/mol. The Kier molecular flexibility index (Phi) is 7.39. The van der Waals surface area contributed by atoms with Crippen molar-refractivity contribution < 1.29 is 14.3 Å². The van der Waals surface area contributed by atoms with E-state index in [4.69, 9.17) is 4.74 Å². The van der Waals surface area contributed by atoms with Gasteiger partial charge in [0.15, 0.2) is 0 Å². The maximum atomic E-state index is 13.0. The van der Waals surface area contributed by atoms with Crippen LogP contribution in [0.2, 0.25) is 0 Å². The molecule has 2 aromatic rings. The number of piperazine rings is 1. The smallest absolute Gasteiger partial charge is 0.253 e. The molecule has 31 heavy (non-hydrogen) atoms. The predicted octanol–water partition coefficient (Wildman–Crippen LogP) is 3.51. The summed E-state index contributed by atoms with van der Waals surface area (Å²) in [6, 6.07) is 13.6. The Morgan fingerprint density at radius 2 is 1.68 bits per heavy atom. The molecule has 2 aromatic carbocycles. The molecule has 0 radical (unpaired) electrons. The molecule has 2 amide bonds. The van der Waals surface area contributed by atoms with Gasteiger partial charge in [-0.05, 0) is 43.7 Å². The quantitative estimate of drug-likeness (QED) is 0.712. The number of nitrogens with one attached hydrogen (secondary N) is 2. The molecule has 2 N–H and O–H groups in total. The van der Waals surface area contributed by atoms with Gasteiger partial charge in [0.05, 0.1) is 18.4 Å². The van der Waals surface area contributed by atoms with Crippen LogP contribution in [0.5, 0.6) is 5.75 Å². The summed E-state index contributed by atoms with van der Waals surface area (Å²) in [5.41, 5.74) is 3.17. The van der Waals surface area contributed by atoms with E-state index in [9.17, 15) is 9.59 Å². The van der Waals surface area contributed by atoms with Crippen molar-refractivity contribution in [2.45, 2.75) is 33.2 Å². The lowest BCUT2D eigenvalue weighted by Gasteiger charge is -2.38. The molecule has 0 bridgehead atoms. The molecule has 7 nitrogen and oxygen atoms in total. The molecule has 166 valence electrons. The number of para-hydroxylation sites is 2. The van der Waals surface area contributed by atoms with Gasteiger partial charge in [-0.25, -0.2) is 0 Å². The van der Waals surface area contributed by atoms with Gasteiger partial charge in [0, 0.05) is 50.5 Å². The number of carbonyl (C=O) groups excluding carboxylic acids is 2. The molecule has 1 unspecified atom stereocenters. The molecule has 1 fully saturated rings. The van der Waals surface area contributed by atoms with Crippen LogP contribution < -0.4 is 25.2 Å². The number of carbonyl (C=O) groups is 2. The van der Waals surface area contributed by atoms with Crippen LogP contribution in [0.15, 0.2) is 42.5 Å². The molecule has 7 heteroatoms. The van der Waals surface area contributed by atoms with Gasteiger partial charge in [0.2, 0.25) is 5.91 Å². The summed E-state index contributed by atoms with van der Waals surface area (Å²) in [6.45, 7) is 8.69. The highest BCUT2D eigenvalue weighted by atomic mass is 16.5. The number of ether oxygens (including phenoxy) is 1. The second-order valence-electron chi connectivity index (χ2n) is 7.84. The van der Waals surface area contributed by atoms with Crippen molar-refractivity contribution in [3.05, 3.63) is 48.0 Å². The first-order chi connectivity index (χ1) is 14.9. The lowest BCUT2D eigenvalue weighted by atomic mass is 10.1. The lowest BCUT2D eigenvalue weighted by molar-refractivity contribution is -0.114. The third kappa shape index (κ3) is 5.48. The first-order valence-electron chi connectivity index (χ1n) is 10.8. The molecule has 1 aliphatic heterocycles. The SMILES string of the molecule is CCC(C)NC(=O)c1cc(NC(C)=O)ccc1N1CCN(c2ccccc2OC)CC1. The van der Waals surface area contributed by atoms with Gasteiger partial charge in [0.25, 0.3) is 5.91 Å². The van der Waals surface area contributed by atoms with Gasteiger partial charge in [-0.3, -0.25) is 9.59 Å². The van der Waals surface area contributed by atoms with Gasteiger partial charge in [-0.2, -0.15) is 0 Å². The molecule has 0 spiro atoms. The van der Waals surface area contributed by atoms with Gasteiger partial charge in [0.1, 0.15) is 5.75 Å². The van der Waals surface area contributed by atoms with Crippen molar-refractivity contribution in [3.8, 4) is 5.75 Å². The van der Waals surface area contributed by atoms with Crippen molar-refractivity contribution in [3.63, 3.8) is 0 Å². The Balaban J connectivity index is 1.81. The maximum absolute atomic E-state index is 13.0. The third-order valence-electron chi connectivity index (χ3n) is 5.60. The number of rotatable bonds is 7. The number of hydrogen-bond acceptors (Lipinski definition) is 5. The van der Waals surface area contributed by atoms with E-state index in [1.54, 1.807) is 13.2 Å². The fraction of sp³-hybridized carbons (Fsp3) is 0.417. The van der Waals surface area contributed by atoms with Crippen LogP contribution in [0.4, 0.5) is 17.1 Å². The summed E-state index contributed by atoms with van der Waals surface area (Å²) in [5, 5.41) is 5.83. The standard InChI is InChI=1S/C24H32N4O3/c1-5-17(2)25-24(30)20-16-19(26-18(3)29)10-11-21(20)27-12-14-28(15-13-27)22-8-6-7-9-23(22)31-4/h6-11,16-17H,5,12-15H2,1-4H3,(H,25,30)(H,26,29). The Morgan fingerprint density at radius 3 is 2.29 bits per heavy atom. The molecule has 0 saturated carbocycles. The van der Waals surface area contributed by atoms with E-state index in [2.05, 4.69) is 26.5 Å². The summed E-state index contributed by atoms with van der Waals surface area (Å²) in [4.78, 5) is 29.0. The van der Waals surface area contributed by atoms with Crippen LogP contribution in [-0.4, -0.2) is 51.1 Å². The minimum atomic E-state index is -0.161. The summed E-state index contributed by atoms with van der Waals surface area (Å²) >= 11 is 0. The van der Waals surface area contributed by atoms with E-state index in [-0.39, 0.29) is 17.9 Å². The third-order valence-corrected chi connectivity index (χ3v) is 5.60. The second-order valence-corrected chi connectivity index (χ2v) is 7.84. The molecule has 0 aromatic heterocycles. The van der Waals surface area contributed by atoms with Crippen LogP contribution in [-0.2, 0) is 4.79 Å². The summed E-state index contributed by atoms with van der Waals surface area (Å²) < 4.78 is 5.51. The number of nitrogens with zero attached hydrogens (tertiary/aromatic N) is 2. The average Bonchev–Trinajstić information content (AvgIpc) is 2.78. The van der Waals surface area contributed by atoms with Crippen LogP contribution in [0.1, 0.15) is 37.6 Å². The molecule has 1 atom stereocenters. The summed E-state index contributed by atoms with van der Waals surface area (Å²) in [5.74, 6) is 0.583. The molecule has 3 rings (SSSR count). The van der Waals surface area contributed by atoms with Crippen LogP contribution >= 0.6 is 0 Å². The van der Waals surface area contributed by atoms with Crippen LogP contribution in [0.3, 0.4) is 0 Å². The zero-order chi connectivity index (χ0) is 22.4. The van der Waals surface area contributed by atoms with Crippen LogP contribution in [0.25, 0.3) is 0 Å². The molecular formula is C24H32N4O3. The fourth-order valence-corrected chi connectivity index (χ4v) is 3.76. The summed E-state index contributed by atoms with van der Waals surface area (Å²) in [6.07, 6.45) is 0.851. The molecule has 0 aliphatic carbocycles.